The number of rotatable bonds is 1. The number of carbonyl (C=O) groups is 1. The van der Waals surface area contributed by atoms with Gasteiger partial charge in [0.25, 0.3) is 0 Å². The van der Waals surface area contributed by atoms with E-state index in [2.05, 4.69) is 11.4 Å². The highest BCUT2D eigenvalue weighted by Gasteiger charge is 2.22. The van der Waals surface area contributed by atoms with Crippen molar-refractivity contribution < 1.29 is 9.90 Å². The third-order valence-electron chi connectivity index (χ3n) is 4.39. The van der Waals surface area contributed by atoms with Crippen molar-refractivity contribution in [2.24, 2.45) is 0 Å². The standard InChI is InChI=1S/C16H22N2O2/c19-13-8-10-18(11-9-13)16(20)17-15-7-3-5-12-4-1-2-6-14(12)15/h3,5,7,13,19H,1-2,4,6,8-11H2,(H,17,20). The Hall–Kier alpha value is -1.55. The van der Waals surface area contributed by atoms with Gasteiger partial charge < -0.3 is 15.3 Å². The molecule has 1 saturated heterocycles. The molecule has 2 amide bonds. The highest BCUT2D eigenvalue weighted by molar-refractivity contribution is 5.90. The van der Waals surface area contributed by atoms with Crippen LogP contribution in [0.15, 0.2) is 18.2 Å². The molecule has 4 nitrogen and oxygen atoms in total. The molecule has 0 spiro atoms. The molecular formula is C16H22N2O2. The van der Waals surface area contributed by atoms with Gasteiger partial charge in [-0.15, -0.1) is 0 Å². The Kier molecular flexibility index (Phi) is 3.92. The number of urea groups is 1. The first kappa shape index (κ1) is 13.4. The van der Waals surface area contributed by atoms with Crippen molar-refractivity contribution in [1.82, 2.24) is 4.90 Å². The minimum absolute atomic E-state index is 0.0316. The van der Waals surface area contributed by atoms with Gasteiger partial charge in [0.1, 0.15) is 0 Å². The molecule has 108 valence electrons. The summed E-state index contributed by atoms with van der Waals surface area (Å²) in [6.07, 6.45) is 5.74. The zero-order valence-electron chi connectivity index (χ0n) is 11.8. The van der Waals surface area contributed by atoms with E-state index in [-0.39, 0.29) is 12.1 Å². The average Bonchev–Trinajstić information content (AvgIpc) is 2.48. The largest absolute Gasteiger partial charge is 0.393 e. The summed E-state index contributed by atoms with van der Waals surface area (Å²) in [5.74, 6) is 0. The number of hydrogen-bond donors (Lipinski definition) is 2. The first-order chi connectivity index (χ1) is 9.74. The molecule has 2 N–H and O–H groups in total. The van der Waals surface area contributed by atoms with Gasteiger partial charge in [-0.05, 0) is 55.7 Å². The molecule has 1 heterocycles. The predicted octanol–water partition coefficient (Wildman–Crippen LogP) is 2.55. The van der Waals surface area contributed by atoms with E-state index < -0.39 is 0 Å². The van der Waals surface area contributed by atoms with Crippen LogP contribution >= 0.6 is 0 Å². The van der Waals surface area contributed by atoms with Crippen LogP contribution in [0.25, 0.3) is 0 Å². The lowest BCUT2D eigenvalue weighted by Crippen LogP contribution is -2.42. The van der Waals surface area contributed by atoms with Gasteiger partial charge in [-0.2, -0.15) is 0 Å². The van der Waals surface area contributed by atoms with Gasteiger partial charge in [-0.3, -0.25) is 0 Å². The highest BCUT2D eigenvalue weighted by Crippen LogP contribution is 2.28. The second kappa shape index (κ2) is 5.83. The molecule has 0 aromatic heterocycles. The fourth-order valence-electron chi connectivity index (χ4n) is 3.16. The summed E-state index contributed by atoms with van der Waals surface area (Å²) >= 11 is 0. The molecule has 1 aromatic carbocycles. The molecule has 1 aromatic rings. The van der Waals surface area contributed by atoms with Crippen molar-refractivity contribution in [3.05, 3.63) is 29.3 Å². The van der Waals surface area contributed by atoms with Crippen LogP contribution in [0.3, 0.4) is 0 Å². The number of fused-ring (bicyclic) bond motifs is 1. The summed E-state index contributed by atoms with van der Waals surface area (Å²) in [6, 6.07) is 6.16. The van der Waals surface area contributed by atoms with E-state index in [9.17, 15) is 9.90 Å². The van der Waals surface area contributed by atoms with Crippen LogP contribution in [0.5, 0.6) is 0 Å². The number of amides is 2. The van der Waals surface area contributed by atoms with Crippen LogP contribution in [0.4, 0.5) is 10.5 Å². The van der Waals surface area contributed by atoms with Gasteiger partial charge in [0.2, 0.25) is 0 Å². The molecule has 4 heteroatoms. The molecule has 0 bridgehead atoms. The smallest absolute Gasteiger partial charge is 0.321 e. The summed E-state index contributed by atoms with van der Waals surface area (Å²) in [5.41, 5.74) is 3.66. The molecule has 1 fully saturated rings. The van der Waals surface area contributed by atoms with E-state index in [1.54, 1.807) is 4.90 Å². The quantitative estimate of drug-likeness (QED) is 0.827. The predicted molar refractivity (Wildman–Crippen MR) is 78.9 cm³/mol. The number of carbonyl (C=O) groups excluding carboxylic acids is 1. The first-order valence-corrected chi connectivity index (χ1v) is 7.59. The van der Waals surface area contributed by atoms with Crippen LogP contribution in [-0.2, 0) is 12.8 Å². The molecule has 2 aliphatic rings. The average molecular weight is 274 g/mol. The minimum atomic E-state index is -0.247. The number of hydrogen-bond acceptors (Lipinski definition) is 2. The molecule has 1 aliphatic carbocycles. The van der Waals surface area contributed by atoms with Gasteiger partial charge in [0.15, 0.2) is 0 Å². The second-order valence-electron chi connectivity index (χ2n) is 5.80. The topological polar surface area (TPSA) is 52.6 Å². The number of aryl methyl sites for hydroxylation is 1. The van der Waals surface area contributed by atoms with Crippen LogP contribution in [0.2, 0.25) is 0 Å². The Labute approximate surface area is 119 Å². The number of anilines is 1. The normalized spacial score (nSPS) is 19.6. The number of piperidine rings is 1. The molecular weight excluding hydrogens is 252 g/mol. The Balaban J connectivity index is 1.70. The second-order valence-corrected chi connectivity index (χ2v) is 5.80. The zero-order valence-corrected chi connectivity index (χ0v) is 11.8. The number of aliphatic hydroxyl groups is 1. The minimum Gasteiger partial charge on any atom is -0.393 e. The summed E-state index contributed by atoms with van der Waals surface area (Å²) in [5, 5.41) is 12.6. The van der Waals surface area contributed by atoms with Gasteiger partial charge in [0.05, 0.1) is 6.10 Å². The molecule has 0 unspecified atom stereocenters. The fraction of sp³-hybridized carbons (Fsp3) is 0.562. The Bertz CT molecular complexity index is 493. The number of aliphatic hydroxyl groups excluding tert-OH is 1. The van der Waals surface area contributed by atoms with Gasteiger partial charge in [0, 0.05) is 18.8 Å². The van der Waals surface area contributed by atoms with E-state index in [4.69, 9.17) is 0 Å². The molecule has 0 radical (unpaired) electrons. The summed E-state index contributed by atoms with van der Waals surface area (Å²) in [4.78, 5) is 14.1. The number of benzene rings is 1. The summed E-state index contributed by atoms with van der Waals surface area (Å²) in [6.45, 7) is 1.28. The van der Waals surface area contributed by atoms with Crippen LogP contribution in [0, 0.1) is 0 Å². The van der Waals surface area contributed by atoms with Crippen molar-refractivity contribution in [3.8, 4) is 0 Å². The van der Waals surface area contributed by atoms with E-state index in [0.29, 0.717) is 25.9 Å². The Morgan fingerprint density at radius 3 is 2.75 bits per heavy atom. The highest BCUT2D eigenvalue weighted by atomic mass is 16.3. The molecule has 0 saturated carbocycles. The van der Waals surface area contributed by atoms with Crippen LogP contribution in [-0.4, -0.2) is 35.2 Å². The molecule has 3 rings (SSSR count). The Morgan fingerprint density at radius 1 is 1.20 bits per heavy atom. The van der Waals surface area contributed by atoms with Crippen molar-refractivity contribution in [2.45, 2.75) is 44.6 Å². The van der Waals surface area contributed by atoms with Gasteiger partial charge in [-0.1, -0.05) is 12.1 Å². The third-order valence-corrected chi connectivity index (χ3v) is 4.39. The lowest BCUT2D eigenvalue weighted by molar-refractivity contribution is 0.0972. The van der Waals surface area contributed by atoms with Gasteiger partial charge >= 0.3 is 6.03 Å². The van der Waals surface area contributed by atoms with Crippen molar-refractivity contribution in [1.29, 1.82) is 0 Å². The summed E-state index contributed by atoms with van der Waals surface area (Å²) in [7, 11) is 0. The monoisotopic (exact) mass is 274 g/mol. The third kappa shape index (κ3) is 2.80. The number of nitrogens with one attached hydrogen (secondary N) is 1. The maximum atomic E-state index is 12.3. The van der Waals surface area contributed by atoms with Crippen molar-refractivity contribution in [3.63, 3.8) is 0 Å². The lowest BCUT2D eigenvalue weighted by Gasteiger charge is -2.30. The Morgan fingerprint density at radius 2 is 1.95 bits per heavy atom. The molecule has 20 heavy (non-hydrogen) atoms. The maximum absolute atomic E-state index is 12.3. The van der Waals surface area contributed by atoms with E-state index in [1.807, 2.05) is 12.1 Å². The summed E-state index contributed by atoms with van der Waals surface area (Å²) < 4.78 is 0. The number of nitrogens with zero attached hydrogens (tertiary/aromatic N) is 1. The van der Waals surface area contributed by atoms with Crippen LogP contribution < -0.4 is 5.32 Å². The zero-order chi connectivity index (χ0) is 13.9. The first-order valence-electron chi connectivity index (χ1n) is 7.59. The fourth-order valence-corrected chi connectivity index (χ4v) is 3.16. The van der Waals surface area contributed by atoms with Crippen molar-refractivity contribution in [2.75, 3.05) is 18.4 Å². The SMILES string of the molecule is O=C(Nc1cccc2c1CCCC2)N1CCC(O)CC1. The van der Waals surface area contributed by atoms with E-state index in [1.165, 1.54) is 24.0 Å². The number of likely N-dealkylation sites (tertiary alicyclic amines) is 1. The van der Waals surface area contributed by atoms with E-state index >= 15 is 0 Å². The maximum Gasteiger partial charge on any atom is 0.321 e. The lowest BCUT2D eigenvalue weighted by atomic mass is 9.90. The molecule has 1 aliphatic heterocycles. The van der Waals surface area contributed by atoms with E-state index in [0.717, 1.165) is 18.5 Å². The van der Waals surface area contributed by atoms with Crippen LogP contribution in [0.1, 0.15) is 36.8 Å². The van der Waals surface area contributed by atoms with Crippen molar-refractivity contribution >= 4 is 11.7 Å². The van der Waals surface area contributed by atoms with Gasteiger partial charge in [-0.25, -0.2) is 4.79 Å². The molecule has 0 atom stereocenters.